The number of pyridine rings is 2. The molecule has 2 N–H and O–H groups in total. The Balaban J connectivity index is 1.28. The highest BCUT2D eigenvalue weighted by Crippen LogP contribution is 2.40. The summed E-state index contributed by atoms with van der Waals surface area (Å²) in [6, 6.07) is 20.0. The fraction of sp³-hybridized carbons (Fsp3) is 0.306. The molecule has 0 spiro atoms. The predicted octanol–water partition coefficient (Wildman–Crippen LogP) is 8.05. The zero-order valence-corrected chi connectivity index (χ0v) is 26.8. The summed E-state index contributed by atoms with van der Waals surface area (Å²) in [6.45, 7) is 7.66. The average molecular weight is 621 g/mol. The molecule has 45 heavy (non-hydrogen) atoms. The number of nitrogens with zero attached hydrogens (tertiary/aromatic N) is 4. The van der Waals surface area contributed by atoms with Crippen molar-refractivity contribution in [1.82, 2.24) is 25.3 Å². The van der Waals surface area contributed by atoms with Crippen LogP contribution in [-0.4, -0.2) is 39.4 Å². The number of fused-ring (bicyclic) bond motifs is 1. The van der Waals surface area contributed by atoms with Gasteiger partial charge in [0.25, 0.3) is 0 Å². The van der Waals surface area contributed by atoms with Gasteiger partial charge in [-0.25, -0.2) is 15.0 Å². The van der Waals surface area contributed by atoms with Crippen LogP contribution < -0.4 is 15.4 Å². The van der Waals surface area contributed by atoms with E-state index < -0.39 is 0 Å². The van der Waals surface area contributed by atoms with E-state index in [0.29, 0.717) is 47.8 Å². The number of aromatic nitrogens is 4. The van der Waals surface area contributed by atoms with E-state index in [-0.39, 0.29) is 5.92 Å². The van der Waals surface area contributed by atoms with Crippen molar-refractivity contribution in [1.29, 1.82) is 0 Å². The largest absolute Gasteiger partial charge is 0.481 e. The Morgan fingerprint density at radius 1 is 0.978 bits per heavy atom. The van der Waals surface area contributed by atoms with E-state index >= 15 is 0 Å². The molecule has 1 aliphatic rings. The number of hydrogen-bond acceptors (Lipinski definition) is 8. The topological polar surface area (TPSA) is 102 Å². The van der Waals surface area contributed by atoms with E-state index in [9.17, 15) is 4.79 Å². The van der Waals surface area contributed by atoms with Crippen LogP contribution in [0.5, 0.6) is 5.88 Å². The summed E-state index contributed by atoms with van der Waals surface area (Å²) in [5.74, 6) is 2.93. The Morgan fingerprint density at radius 2 is 1.78 bits per heavy atom. The normalized spacial score (nSPS) is 14.8. The average Bonchev–Trinajstić information content (AvgIpc) is 3.47. The molecule has 0 unspecified atom stereocenters. The second-order valence-electron chi connectivity index (χ2n) is 11.9. The summed E-state index contributed by atoms with van der Waals surface area (Å²) in [4.78, 5) is 30.5. The lowest BCUT2D eigenvalue weighted by molar-refractivity contribution is -0.117. The highest BCUT2D eigenvalue weighted by molar-refractivity contribution is 6.36. The Hall–Kier alpha value is -4.40. The monoisotopic (exact) mass is 620 g/mol. The molecule has 0 amide bonds. The van der Waals surface area contributed by atoms with E-state index in [2.05, 4.69) is 42.5 Å². The van der Waals surface area contributed by atoms with Gasteiger partial charge in [0.1, 0.15) is 17.1 Å². The van der Waals surface area contributed by atoms with Crippen molar-refractivity contribution in [3.63, 3.8) is 0 Å². The SMILES string of the molecule is COc1nc(-c2cccc(-c3cccc(Nc4nc(C(C)C)nc5cccnc45)c3C)c2Cl)ccc1CNC[C@@H]1CCC(=O)C1. The number of halogens is 1. The van der Waals surface area contributed by atoms with Gasteiger partial charge in [0.15, 0.2) is 5.82 Å². The van der Waals surface area contributed by atoms with Gasteiger partial charge in [-0.15, -0.1) is 0 Å². The van der Waals surface area contributed by atoms with Gasteiger partial charge in [-0.05, 0) is 61.2 Å². The molecule has 0 radical (unpaired) electrons. The molecule has 230 valence electrons. The van der Waals surface area contributed by atoms with E-state index in [4.69, 9.17) is 31.3 Å². The third-order valence-corrected chi connectivity index (χ3v) is 8.78. The summed E-state index contributed by atoms with van der Waals surface area (Å²) in [6.07, 6.45) is 4.08. The number of ether oxygens (including phenoxy) is 1. The van der Waals surface area contributed by atoms with Gasteiger partial charge in [-0.1, -0.05) is 61.8 Å². The van der Waals surface area contributed by atoms with Crippen LogP contribution in [0.25, 0.3) is 33.4 Å². The molecule has 3 heterocycles. The first-order valence-corrected chi connectivity index (χ1v) is 15.7. The molecule has 1 atom stereocenters. The van der Waals surface area contributed by atoms with Crippen LogP contribution in [0.1, 0.15) is 56.0 Å². The van der Waals surface area contributed by atoms with Crippen LogP contribution >= 0.6 is 11.6 Å². The number of rotatable bonds is 10. The summed E-state index contributed by atoms with van der Waals surface area (Å²) in [5, 5.41) is 7.62. The highest BCUT2D eigenvalue weighted by atomic mass is 35.5. The zero-order chi connectivity index (χ0) is 31.5. The van der Waals surface area contributed by atoms with Crippen LogP contribution in [0.15, 0.2) is 66.9 Å². The molecule has 0 bridgehead atoms. The molecule has 1 saturated carbocycles. The summed E-state index contributed by atoms with van der Waals surface area (Å²) in [5.41, 5.74) is 7.88. The fourth-order valence-corrected chi connectivity index (χ4v) is 6.19. The van der Waals surface area contributed by atoms with Crippen molar-refractivity contribution in [2.45, 2.75) is 52.5 Å². The Morgan fingerprint density at radius 3 is 2.56 bits per heavy atom. The first kappa shape index (κ1) is 30.6. The minimum atomic E-state index is 0.172. The maximum Gasteiger partial charge on any atom is 0.218 e. The standard InChI is InChI=1S/C36H37ClN6O2/c1-21(2)34-41-31-12-7-17-39-33(31)35(43-34)40-29-11-6-8-26(22(29)3)27-9-5-10-28(32(27)37)30-16-14-24(36(42-30)45-4)20-38-19-23-13-15-25(44)18-23/h5-12,14,16-17,21,23,38H,13,15,18-20H2,1-4H3,(H,40,41,43)/t23-/m1/s1. The van der Waals surface area contributed by atoms with Crippen LogP contribution in [0.4, 0.5) is 11.5 Å². The Labute approximate surface area is 268 Å². The Bertz CT molecular complexity index is 1880. The lowest BCUT2D eigenvalue weighted by atomic mass is 9.96. The quantitative estimate of drug-likeness (QED) is 0.162. The van der Waals surface area contributed by atoms with Crippen molar-refractivity contribution in [2.24, 2.45) is 5.92 Å². The number of benzene rings is 2. The molecular formula is C36H37ClN6O2. The third kappa shape index (κ3) is 6.53. The van der Waals surface area contributed by atoms with Crippen molar-refractivity contribution in [2.75, 3.05) is 19.0 Å². The van der Waals surface area contributed by atoms with E-state index in [1.165, 1.54) is 0 Å². The summed E-state index contributed by atoms with van der Waals surface area (Å²) >= 11 is 7.13. The number of ketones is 1. The molecule has 0 saturated heterocycles. The van der Waals surface area contributed by atoms with Crippen LogP contribution in [0.3, 0.4) is 0 Å². The smallest absolute Gasteiger partial charge is 0.218 e. The van der Waals surface area contributed by atoms with Crippen LogP contribution in [0, 0.1) is 12.8 Å². The second-order valence-corrected chi connectivity index (χ2v) is 12.2. The van der Waals surface area contributed by atoms with Gasteiger partial charge < -0.3 is 15.4 Å². The van der Waals surface area contributed by atoms with Gasteiger partial charge >= 0.3 is 0 Å². The third-order valence-electron chi connectivity index (χ3n) is 8.37. The number of carbonyl (C=O) groups is 1. The summed E-state index contributed by atoms with van der Waals surface area (Å²) < 4.78 is 5.67. The van der Waals surface area contributed by atoms with Crippen LogP contribution in [0.2, 0.25) is 5.02 Å². The maximum absolute atomic E-state index is 11.6. The lowest BCUT2D eigenvalue weighted by Crippen LogP contribution is -2.21. The van der Waals surface area contributed by atoms with E-state index in [1.54, 1.807) is 13.3 Å². The van der Waals surface area contributed by atoms with Gasteiger partial charge in [0, 0.05) is 53.9 Å². The molecule has 8 nitrogen and oxygen atoms in total. The summed E-state index contributed by atoms with van der Waals surface area (Å²) in [7, 11) is 1.63. The number of Topliss-reactive ketones (excluding diaryl/α,β-unsaturated/α-hetero) is 1. The number of anilines is 2. The molecule has 0 aliphatic heterocycles. The molecular weight excluding hydrogens is 584 g/mol. The molecule has 1 fully saturated rings. The maximum atomic E-state index is 11.6. The number of hydrogen-bond donors (Lipinski definition) is 2. The first-order chi connectivity index (χ1) is 21.8. The lowest BCUT2D eigenvalue weighted by Gasteiger charge is -2.17. The first-order valence-electron chi connectivity index (χ1n) is 15.4. The van der Waals surface area contributed by atoms with Gasteiger partial charge in [0.2, 0.25) is 5.88 Å². The van der Waals surface area contributed by atoms with Gasteiger partial charge in [-0.3, -0.25) is 9.78 Å². The van der Waals surface area contributed by atoms with E-state index in [1.807, 2.05) is 54.6 Å². The molecule has 5 aromatic rings. The Kier molecular flexibility index (Phi) is 9.05. The van der Waals surface area contributed by atoms with Crippen molar-refractivity contribution < 1.29 is 9.53 Å². The second kappa shape index (κ2) is 13.3. The van der Waals surface area contributed by atoms with Crippen molar-refractivity contribution in [3.8, 4) is 28.3 Å². The van der Waals surface area contributed by atoms with Gasteiger partial charge in [0.05, 0.1) is 23.3 Å². The zero-order valence-electron chi connectivity index (χ0n) is 26.0. The fourth-order valence-electron chi connectivity index (χ4n) is 5.87. The van der Waals surface area contributed by atoms with E-state index in [0.717, 1.165) is 69.0 Å². The highest BCUT2D eigenvalue weighted by Gasteiger charge is 2.22. The molecule has 6 rings (SSSR count). The molecule has 9 heteroatoms. The molecule has 3 aromatic heterocycles. The number of carbonyl (C=O) groups excluding carboxylic acids is 1. The molecule has 2 aromatic carbocycles. The van der Waals surface area contributed by atoms with Crippen molar-refractivity contribution >= 4 is 39.9 Å². The van der Waals surface area contributed by atoms with Crippen LogP contribution in [-0.2, 0) is 11.3 Å². The number of nitrogens with one attached hydrogen (secondary N) is 2. The van der Waals surface area contributed by atoms with Gasteiger partial charge in [-0.2, -0.15) is 0 Å². The predicted molar refractivity (Wildman–Crippen MR) is 180 cm³/mol. The minimum Gasteiger partial charge on any atom is -0.481 e. The molecule has 1 aliphatic carbocycles. The van der Waals surface area contributed by atoms with Crippen molar-refractivity contribution in [3.05, 3.63) is 88.8 Å². The minimum absolute atomic E-state index is 0.172. The number of methoxy groups -OCH3 is 1.